The molecule has 0 saturated heterocycles. The van der Waals surface area contributed by atoms with Crippen LogP contribution in [0.1, 0.15) is 35.2 Å². The molecular formula is C37H33N3O5S. The number of hydrogen-bond donors (Lipinski definition) is 1. The van der Waals surface area contributed by atoms with Crippen LogP contribution in [0.2, 0.25) is 0 Å². The fourth-order valence-corrected chi connectivity index (χ4v) is 6.37. The number of para-hydroxylation sites is 1. The first-order valence-electron chi connectivity index (χ1n) is 14.7. The summed E-state index contributed by atoms with van der Waals surface area (Å²) in [6, 6.07) is 29.6. The van der Waals surface area contributed by atoms with Crippen LogP contribution < -0.4 is 34.4 Å². The summed E-state index contributed by atoms with van der Waals surface area (Å²) in [5.41, 5.74) is 5.11. The molecule has 1 N–H and O–H groups in total. The molecule has 0 aliphatic carbocycles. The normalized spacial score (nSPS) is 14.3. The number of rotatable bonds is 9. The number of nitrogens with one attached hydrogen (secondary N) is 1. The third kappa shape index (κ3) is 6.36. The topological polar surface area (TPSA) is 91.2 Å². The molecular weight excluding hydrogens is 598 g/mol. The van der Waals surface area contributed by atoms with Gasteiger partial charge in [-0.25, -0.2) is 4.99 Å². The third-order valence-corrected chi connectivity index (χ3v) is 8.71. The molecule has 1 amide bonds. The summed E-state index contributed by atoms with van der Waals surface area (Å²) in [5, 5.41) is 2.98. The Bertz CT molecular complexity index is 2100. The Morgan fingerprint density at radius 1 is 0.913 bits per heavy atom. The molecule has 0 radical (unpaired) electrons. The maximum absolute atomic E-state index is 14.1. The molecule has 4 aromatic carbocycles. The number of allylic oxidation sites excluding steroid dienone is 1. The summed E-state index contributed by atoms with van der Waals surface area (Å²) in [6.07, 6.45) is 1.81. The lowest BCUT2D eigenvalue weighted by Gasteiger charge is -2.25. The quantitative estimate of drug-likeness (QED) is 0.223. The van der Waals surface area contributed by atoms with Crippen molar-refractivity contribution in [2.45, 2.75) is 26.5 Å². The standard InChI is InChI=1S/C37H33N3O5S/c1-23-10-12-25(13-11-23)22-45-30-19-14-26(20-31(30)44-4)21-32-36(42)40-34(27-15-17-29(43-3)18-16-27)33(24(2)38-37(40)46-32)35(41)39-28-8-6-5-7-9-28/h5-21,34H,22H2,1-4H3,(H,39,41)/b32-21+/t34-/m0/s1. The van der Waals surface area contributed by atoms with Crippen LogP contribution in [0.5, 0.6) is 17.2 Å². The predicted octanol–water partition coefficient (Wildman–Crippen LogP) is 5.78. The van der Waals surface area contributed by atoms with Crippen molar-refractivity contribution in [2.75, 3.05) is 19.5 Å². The molecule has 1 aliphatic rings. The predicted molar refractivity (Wildman–Crippen MR) is 180 cm³/mol. The van der Waals surface area contributed by atoms with E-state index < -0.39 is 6.04 Å². The highest BCUT2D eigenvalue weighted by Gasteiger charge is 2.32. The van der Waals surface area contributed by atoms with E-state index >= 15 is 0 Å². The van der Waals surface area contributed by atoms with E-state index in [9.17, 15) is 9.59 Å². The number of nitrogens with zero attached hydrogens (tertiary/aromatic N) is 2. The largest absolute Gasteiger partial charge is 0.497 e. The number of aryl methyl sites for hydroxylation is 1. The molecule has 6 rings (SSSR count). The Morgan fingerprint density at radius 3 is 2.35 bits per heavy atom. The first-order chi connectivity index (χ1) is 22.3. The molecule has 8 nitrogen and oxygen atoms in total. The van der Waals surface area contributed by atoms with E-state index in [4.69, 9.17) is 19.2 Å². The molecule has 9 heteroatoms. The molecule has 0 unspecified atom stereocenters. The Balaban J connectivity index is 1.38. The number of ether oxygens (including phenoxy) is 3. The van der Waals surface area contributed by atoms with Crippen molar-refractivity contribution in [3.8, 4) is 17.2 Å². The van der Waals surface area contributed by atoms with Gasteiger partial charge in [-0.3, -0.25) is 14.2 Å². The van der Waals surface area contributed by atoms with Gasteiger partial charge in [0.15, 0.2) is 16.3 Å². The van der Waals surface area contributed by atoms with E-state index in [-0.39, 0.29) is 11.5 Å². The van der Waals surface area contributed by atoms with Crippen molar-refractivity contribution in [3.63, 3.8) is 0 Å². The molecule has 0 fully saturated rings. The maximum atomic E-state index is 14.1. The zero-order chi connectivity index (χ0) is 32.2. The Hall–Kier alpha value is -5.41. The highest BCUT2D eigenvalue weighted by molar-refractivity contribution is 7.07. The average molecular weight is 632 g/mol. The van der Waals surface area contributed by atoms with E-state index in [1.165, 1.54) is 16.9 Å². The SMILES string of the molecule is COc1ccc([C@H]2C(C(=O)Nc3ccccc3)=C(C)N=c3s/c(=C/c4ccc(OCc5ccc(C)cc5)c(OC)c4)c(=O)n32)cc1. The molecule has 2 heterocycles. The zero-order valence-electron chi connectivity index (χ0n) is 25.9. The van der Waals surface area contributed by atoms with Crippen LogP contribution in [0.3, 0.4) is 0 Å². The first-order valence-corrected chi connectivity index (χ1v) is 15.6. The van der Waals surface area contributed by atoms with Gasteiger partial charge in [-0.2, -0.15) is 0 Å². The van der Waals surface area contributed by atoms with Gasteiger partial charge in [0.05, 0.1) is 36.1 Å². The van der Waals surface area contributed by atoms with Gasteiger partial charge in [0, 0.05) is 5.69 Å². The minimum absolute atomic E-state index is 0.249. The second-order valence-corrected chi connectivity index (χ2v) is 11.9. The Morgan fingerprint density at radius 2 is 1.65 bits per heavy atom. The van der Waals surface area contributed by atoms with Gasteiger partial charge < -0.3 is 19.5 Å². The van der Waals surface area contributed by atoms with Crippen molar-refractivity contribution in [2.24, 2.45) is 4.99 Å². The molecule has 0 saturated carbocycles. The number of benzene rings is 4. The van der Waals surface area contributed by atoms with Gasteiger partial charge >= 0.3 is 0 Å². The van der Waals surface area contributed by atoms with E-state index in [2.05, 4.69) is 5.32 Å². The number of hydrogen-bond acceptors (Lipinski definition) is 7. The van der Waals surface area contributed by atoms with Gasteiger partial charge in [-0.1, -0.05) is 77.6 Å². The van der Waals surface area contributed by atoms with E-state index in [0.29, 0.717) is 50.1 Å². The number of methoxy groups -OCH3 is 2. The summed E-state index contributed by atoms with van der Waals surface area (Å²) >= 11 is 1.28. The van der Waals surface area contributed by atoms with Gasteiger partial charge in [-0.15, -0.1) is 0 Å². The maximum Gasteiger partial charge on any atom is 0.271 e. The number of carbonyl (C=O) groups is 1. The number of amides is 1. The number of carbonyl (C=O) groups excluding carboxylic acids is 1. The number of fused-ring (bicyclic) bond motifs is 1. The number of anilines is 1. The van der Waals surface area contributed by atoms with Crippen LogP contribution in [-0.4, -0.2) is 24.7 Å². The molecule has 232 valence electrons. The summed E-state index contributed by atoms with van der Waals surface area (Å²) < 4.78 is 19.1. The monoisotopic (exact) mass is 631 g/mol. The minimum atomic E-state index is -0.694. The molecule has 0 spiro atoms. The van der Waals surface area contributed by atoms with Crippen LogP contribution in [0, 0.1) is 6.92 Å². The summed E-state index contributed by atoms with van der Waals surface area (Å²) in [6.45, 7) is 4.25. The average Bonchev–Trinajstić information content (AvgIpc) is 3.38. The first kappa shape index (κ1) is 30.6. The highest BCUT2D eigenvalue weighted by atomic mass is 32.1. The van der Waals surface area contributed by atoms with Crippen molar-refractivity contribution >= 4 is 29.0 Å². The van der Waals surface area contributed by atoms with Crippen LogP contribution in [0.15, 0.2) is 118 Å². The van der Waals surface area contributed by atoms with Crippen LogP contribution in [-0.2, 0) is 11.4 Å². The summed E-state index contributed by atoms with van der Waals surface area (Å²) in [7, 11) is 3.18. The Labute approximate surface area is 270 Å². The van der Waals surface area contributed by atoms with Crippen LogP contribution in [0.4, 0.5) is 5.69 Å². The Kier molecular flexibility index (Phi) is 8.85. The van der Waals surface area contributed by atoms with Crippen molar-refractivity contribution in [3.05, 3.63) is 150 Å². The van der Waals surface area contributed by atoms with Gasteiger partial charge in [0.25, 0.3) is 11.5 Å². The molecule has 5 aromatic rings. The van der Waals surface area contributed by atoms with E-state index in [1.54, 1.807) is 25.7 Å². The second kappa shape index (κ2) is 13.3. The number of aromatic nitrogens is 1. The van der Waals surface area contributed by atoms with Crippen molar-refractivity contribution in [1.82, 2.24) is 4.57 Å². The molecule has 0 bridgehead atoms. The molecule has 46 heavy (non-hydrogen) atoms. The minimum Gasteiger partial charge on any atom is -0.497 e. The smallest absolute Gasteiger partial charge is 0.271 e. The second-order valence-electron chi connectivity index (χ2n) is 10.9. The van der Waals surface area contributed by atoms with Crippen LogP contribution >= 0.6 is 11.3 Å². The fourth-order valence-electron chi connectivity index (χ4n) is 5.32. The van der Waals surface area contributed by atoms with Crippen molar-refractivity contribution < 1.29 is 19.0 Å². The zero-order valence-corrected chi connectivity index (χ0v) is 26.8. The summed E-state index contributed by atoms with van der Waals surface area (Å²) in [5.74, 6) is 1.51. The lowest BCUT2D eigenvalue weighted by molar-refractivity contribution is -0.113. The van der Waals surface area contributed by atoms with Gasteiger partial charge in [0.2, 0.25) is 0 Å². The lowest BCUT2D eigenvalue weighted by atomic mass is 9.95. The van der Waals surface area contributed by atoms with Gasteiger partial charge in [-0.05, 0) is 73.0 Å². The lowest BCUT2D eigenvalue weighted by Crippen LogP contribution is -2.40. The summed E-state index contributed by atoms with van der Waals surface area (Å²) in [4.78, 5) is 33.1. The highest BCUT2D eigenvalue weighted by Crippen LogP contribution is 2.32. The van der Waals surface area contributed by atoms with Gasteiger partial charge in [0.1, 0.15) is 12.4 Å². The number of thiazole rings is 1. The molecule has 1 atom stereocenters. The fraction of sp³-hybridized carbons (Fsp3) is 0.162. The molecule has 1 aliphatic heterocycles. The van der Waals surface area contributed by atoms with E-state index in [0.717, 1.165) is 16.7 Å². The van der Waals surface area contributed by atoms with E-state index in [1.807, 2.05) is 110 Å². The van der Waals surface area contributed by atoms with Crippen molar-refractivity contribution in [1.29, 1.82) is 0 Å². The third-order valence-electron chi connectivity index (χ3n) is 7.73. The van der Waals surface area contributed by atoms with Crippen LogP contribution in [0.25, 0.3) is 6.08 Å². The molecule has 1 aromatic heterocycles.